The molecule has 1 heterocycles. The lowest BCUT2D eigenvalue weighted by Gasteiger charge is -2.14. The second-order valence-corrected chi connectivity index (χ2v) is 5.32. The Hall–Kier alpha value is -3.16. The van der Waals surface area contributed by atoms with Gasteiger partial charge in [0.1, 0.15) is 5.82 Å². The third kappa shape index (κ3) is 2.98. The van der Waals surface area contributed by atoms with Gasteiger partial charge < -0.3 is 16.4 Å². The van der Waals surface area contributed by atoms with E-state index in [4.69, 9.17) is 5.73 Å². The normalized spacial score (nSPS) is 12.1. The summed E-state index contributed by atoms with van der Waals surface area (Å²) < 4.78 is 28.1. The first-order chi connectivity index (χ1) is 11.5. The first-order valence-corrected chi connectivity index (χ1v) is 7.16. The van der Waals surface area contributed by atoms with Crippen molar-refractivity contribution in [1.82, 2.24) is 15.5 Å². The number of benzene rings is 2. The number of nitrogens with one attached hydrogen (secondary N) is 3. The maximum Gasteiger partial charge on any atom is 0.321 e. The zero-order valence-corrected chi connectivity index (χ0v) is 12.7. The molecule has 0 aliphatic rings. The number of nitrogens with zero attached hydrogens (tertiary/aromatic N) is 1. The monoisotopic (exact) mass is 331 g/mol. The number of hydrogen-bond donors (Lipinski definition) is 4. The number of anilines is 2. The fourth-order valence-corrected chi connectivity index (χ4v) is 2.42. The van der Waals surface area contributed by atoms with Crippen molar-refractivity contribution in [2.24, 2.45) is 0 Å². The minimum atomic E-state index is -1.83. The van der Waals surface area contributed by atoms with Gasteiger partial charge in [-0.25, -0.2) is 13.6 Å². The molecule has 0 aliphatic carbocycles. The molecule has 0 radical (unpaired) electrons. The number of carbonyl (C=O) groups excluding carboxylic acids is 1. The van der Waals surface area contributed by atoms with Crippen molar-refractivity contribution < 1.29 is 13.6 Å². The summed E-state index contributed by atoms with van der Waals surface area (Å²) >= 11 is 0. The predicted octanol–water partition coefficient (Wildman–Crippen LogP) is 3.38. The molecule has 0 saturated carbocycles. The van der Waals surface area contributed by atoms with E-state index < -0.39 is 18.1 Å². The van der Waals surface area contributed by atoms with Crippen LogP contribution in [0.2, 0.25) is 0 Å². The molecule has 0 saturated heterocycles. The predicted molar refractivity (Wildman–Crippen MR) is 87.6 cm³/mol. The van der Waals surface area contributed by atoms with E-state index in [2.05, 4.69) is 20.8 Å². The van der Waals surface area contributed by atoms with Gasteiger partial charge in [-0.15, -0.1) is 0 Å². The third-order valence-corrected chi connectivity index (χ3v) is 3.55. The number of aromatic amines is 1. The lowest BCUT2D eigenvalue weighted by atomic mass is 10.1. The summed E-state index contributed by atoms with van der Waals surface area (Å²) in [6.45, 7) is 1.75. The summed E-state index contributed by atoms with van der Waals surface area (Å²) in [7, 11) is 0. The molecule has 2 aromatic carbocycles. The first kappa shape index (κ1) is 15.7. The Morgan fingerprint density at radius 3 is 2.92 bits per heavy atom. The average molecular weight is 331 g/mol. The molecule has 24 heavy (non-hydrogen) atoms. The number of hydrogen-bond acceptors (Lipinski definition) is 3. The molecule has 124 valence electrons. The van der Waals surface area contributed by atoms with Crippen LogP contribution in [-0.4, -0.2) is 16.2 Å². The largest absolute Gasteiger partial charge is 0.382 e. The van der Waals surface area contributed by atoms with E-state index in [-0.39, 0.29) is 17.1 Å². The summed E-state index contributed by atoms with van der Waals surface area (Å²) in [5, 5.41) is 11.3. The standard InChI is InChI=1S/C16H15F2N5O/c1-8-5-6-10(17)12(7-8)20-16(24)21-14(18)9-3-2-4-11-13(9)15(19)23-22-11/h2-7,14H,1H3,(H3,19,22,23)(H2,20,21,24). The number of aromatic nitrogens is 2. The van der Waals surface area contributed by atoms with E-state index in [0.717, 1.165) is 5.56 Å². The topological polar surface area (TPSA) is 95.8 Å². The van der Waals surface area contributed by atoms with Gasteiger partial charge in [0.05, 0.1) is 16.6 Å². The van der Waals surface area contributed by atoms with E-state index in [1.807, 2.05) is 0 Å². The van der Waals surface area contributed by atoms with Gasteiger partial charge in [0.2, 0.25) is 0 Å². The summed E-state index contributed by atoms with van der Waals surface area (Å²) in [5.74, 6) is -0.470. The van der Waals surface area contributed by atoms with Crippen LogP contribution in [0.5, 0.6) is 0 Å². The first-order valence-electron chi connectivity index (χ1n) is 7.16. The van der Waals surface area contributed by atoms with Crippen molar-refractivity contribution in [3.05, 3.63) is 53.3 Å². The van der Waals surface area contributed by atoms with Crippen LogP contribution in [0.1, 0.15) is 17.4 Å². The summed E-state index contributed by atoms with van der Waals surface area (Å²) in [4.78, 5) is 11.9. The highest BCUT2D eigenvalue weighted by molar-refractivity contribution is 5.93. The number of halogens is 2. The molecule has 1 atom stereocenters. The quantitative estimate of drug-likeness (QED) is 0.554. The minimum Gasteiger partial charge on any atom is -0.382 e. The number of nitrogen functional groups attached to an aromatic ring is 1. The molecule has 0 aliphatic heterocycles. The lowest BCUT2D eigenvalue weighted by Crippen LogP contribution is -2.31. The number of rotatable bonds is 3. The van der Waals surface area contributed by atoms with Crippen LogP contribution in [0.3, 0.4) is 0 Å². The number of alkyl halides is 1. The van der Waals surface area contributed by atoms with Crippen molar-refractivity contribution in [2.75, 3.05) is 11.1 Å². The Morgan fingerprint density at radius 1 is 1.33 bits per heavy atom. The van der Waals surface area contributed by atoms with Gasteiger partial charge in [-0.3, -0.25) is 5.10 Å². The smallest absolute Gasteiger partial charge is 0.321 e. The second kappa shape index (κ2) is 6.15. The number of fused-ring (bicyclic) bond motifs is 1. The van der Waals surface area contributed by atoms with E-state index >= 15 is 0 Å². The molecule has 0 bridgehead atoms. The number of aryl methyl sites for hydroxylation is 1. The number of amides is 2. The van der Waals surface area contributed by atoms with Gasteiger partial charge in [0.15, 0.2) is 12.1 Å². The van der Waals surface area contributed by atoms with Gasteiger partial charge >= 0.3 is 6.03 Å². The SMILES string of the molecule is Cc1ccc(F)c(NC(=O)NC(F)c2cccc3[nH]nc(N)c23)c1. The molecule has 1 unspecified atom stereocenters. The van der Waals surface area contributed by atoms with Crippen LogP contribution < -0.4 is 16.4 Å². The van der Waals surface area contributed by atoms with Gasteiger partial charge in [0.25, 0.3) is 0 Å². The fourth-order valence-electron chi connectivity index (χ4n) is 2.42. The van der Waals surface area contributed by atoms with Gasteiger partial charge in [-0.2, -0.15) is 5.10 Å². The zero-order chi connectivity index (χ0) is 17.3. The number of H-pyrrole nitrogens is 1. The number of nitrogens with two attached hydrogens (primary N) is 1. The van der Waals surface area contributed by atoms with Crippen molar-refractivity contribution >= 4 is 28.4 Å². The Morgan fingerprint density at radius 2 is 2.12 bits per heavy atom. The van der Waals surface area contributed by atoms with Crippen molar-refractivity contribution in [1.29, 1.82) is 0 Å². The molecule has 0 fully saturated rings. The lowest BCUT2D eigenvalue weighted by molar-refractivity contribution is 0.229. The van der Waals surface area contributed by atoms with E-state index in [0.29, 0.717) is 10.9 Å². The molecule has 3 rings (SSSR count). The average Bonchev–Trinajstić information content (AvgIpc) is 2.92. The minimum absolute atomic E-state index is 0.0271. The number of carbonyl (C=O) groups is 1. The Labute approximate surface area is 136 Å². The van der Waals surface area contributed by atoms with Crippen molar-refractivity contribution in [2.45, 2.75) is 13.2 Å². The maximum absolute atomic E-state index is 14.5. The molecule has 5 N–H and O–H groups in total. The molecular weight excluding hydrogens is 316 g/mol. The second-order valence-electron chi connectivity index (χ2n) is 5.32. The van der Waals surface area contributed by atoms with Crippen LogP contribution >= 0.6 is 0 Å². The van der Waals surface area contributed by atoms with Crippen molar-refractivity contribution in [3.8, 4) is 0 Å². The summed E-state index contributed by atoms with van der Waals surface area (Å²) in [5.41, 5.74) is 7.18. The molecule has 3 aromatic rings. The molecular formula is C16H15F2N5O. The molecule has 0 spiro atoms. The highest BCUT2D eigenvalue weighted by Gasteiger charge is 2.19. The molecule has 2 amide bonds. The highest BCUT2D eigenvalue weighted by Crippen LogP contribution is 2.28. The van der Waals surface area contributed by atoms with E-state index in [9.17, 15) is 13.6 Å². The highest BCUT2D eigenvalue weighted by atomic mass is 19.1. The molecule has 1 aromatic heterocycles. The van der Waals surface area contributed by atoms with Crippen LogP contribution in [0.15, 0.2) is 36.4 Å². The van der Waals surface area contributed by atoms with Gasteiger partial charge in [0, 0.05) is 5.56 Å². The Kier molecular flexibility index (Phi) is 4.03. The third-order valence-electron chi connectivity index (χ3n) is 3.55. The van der Waals surface area contributed by atoms with Crippen molar-refractivity contribution in [3.63, 3.8) is 0 Å². The van der Waals surface area contributed by atoms with Crippen LogP contribution in [0, 0.1) is 12.7 Å². The van der Waals surface area contributed by atoms with Crippen LogP contribution in [0.4, 0.5) is 25.1 Å². The Bertz CT molecular complexity index is 909. The van der Waals surface area contributed by atoms with E-state index in [1.54, 1.807) is 25.1 Å². The van der Waals surface area contributed by atoms with Crippen LogP contribution in [0.25, 0.3) is 10.9 Å². The Balaban J connectivity index is 1.78. The molecule has 8 heteroatoms. The van der Waals surface area contributed by atoms with E-state index in [1.165, 1.54) is 18.2 Å². The van der Waals surface area contributed by atoms with Gasteiger partial charge in [-0.1, -0.05) is 18.2 Å². The summed E-state index contributed by atoms with van der Waals surface area (Å²) in [6.07, 6.45) is -1.83. The molecule has 6 nitrogen and oxygen atoms in total. The number of urea groups is 1. The fraction of sp³-hybridized carbons (Fsp3) is 0.125. The van der Waals surface area contributed by atoms with Gasteiger partial charge in [-0.05, 0) is 30.7 Å². The zero-order valence-electron chi connectivity index (χ0n) is 12.7. The maximum atomic E-state index is 14.5. The van der Waals surface area contributed by atoms with Crippen LogP contribution in [-0.2, 0) is 0 Å². The summed E-state index contributed by atoms with van der Waals surface area (Å²) in [6, 6.07) is 8.18.